The summed E-state index contributed by atoms with van der Waals surface area (Å²) in [6.45, 7) is 0.424. The first-order valence-corrected chi connectivity index (χ1v) is 5.34. The number of aromatic nitrogens is 1. The number of nitrogens with one attached hydrogen (secondary N) is 1. The monoisotopic (exact) mass is 248 g/mol. The molecule has 0 aliphatic heterocycles. The van der Waals surface area contributed by atoms with E-state index in [1.807, 2.05) is 11.5 Å². The lowest BCUT2D eigenvalue weighted by atomic mass is 10.2. The fourth-order valence-electron chi connectivity index (χ4n) is 1.78. The van der Waals surface area contributed by atoms with Crippen LogP contribution in [0.3, 0.4) is 0 Å². The Morgan fingerprint density at radius 2 is 2.22 bits per heavy atom. The Bertz CT molecular complexity index is 605. The van der Waals surface area contributed by atoms with Crippen molar-refractivity contribution < 1.29 is 9.72 Å². The number of amides is 1. The van der Waals surface area contributed by atoms with Crippen LogP contribution < -0.4 is 11.3 Å². The van der Waals surface area contributed by atoms with Gasteiger partial charge in [-0.1, -0.05) is 0 Å². The van der Waals surface area contributed by atoms with Crippen molar-refractivity contribution in [1.82, 2.24) is 9.99 Å². The van der Waals surface area contributed by atoms with Gasteiger partial charge in [0.1, 0.15) is 0 Å². The molecule has 1 amide bonds. The molecule has 3 N–H and O–H groups in total. The number of nitro groups is 1. The van der Waals surface area contributed by atoms with Gasteiger partial charge in [0.05, 0.1) is 10.4 Å². The Morgan fingerprint density at radius 3 is 2.89 bits per heavy atom. The highest BCUT2D eigenvalue weighted by Crippen LogP contribution is 2.22. The van der Waals surface area contributed by atoms with E-state index in [1.165, 1.54) is 12.1 Å². The van der Waals surface area contributed by atoms with E-state index in [-0.39, 0.29) is 18.0 Å². The van der Waals surface area contributed by atoms with E-state index in [0.717, 1.165) is 10.9 Å². The predicted molar refractivity (Wildman–Crippen MR) is 65.5 cm³/mol. The molecule has 1 aromatic heterocycles. The van der Waals surface area contributed by atoms with Crippen LogP contribution in [-0.4, -0.2) is 15.4 Å². The molecule has 0 atom stereocenters. The lowest BCUT2D eigenvalue weighted by Crippen LogP contribution is -2.30. The van der Waals surface area contributed by atoms with E-state index in [4.69, 9.17) is 5.84 Å². The quantitative estimate of drug-likeness (QED) is 0.363. The van der Waals surface area contributed by atoms with Crippen molar-refractivity contribution in [3.8, 4) is 0 Å². The third-order valence-corrected chi connectivity index (χ3v) is 2.71. The highest BCUT2D eigenvalue weighted by atomic mass is 16.6. The molecule has 1 aromatic carbocycles. The zero-order valence-electron chi connectivity index (χ0n) is 9.50. The van der Waals surface area contributed by atoms with Crippen LogP contribution in [0.4, 0.5) is 5.69 Å². The first kappa shape index (κ1) is 12.1. The summed E-state index contributed by atoms with van der Waals surface area (Å²) in [7, 11) is 0. The predicted octanol–water partition coefficient (Wildman–Crippen LogP) is 0.930. The van der Waals surface area contributed by atoms with Crippen LogP contribution in [0.1, 0.15) is 6.42 Å². The van der Waals surface area contributed by atoms with Crippen molar-refractivity contribution in [3.05, 3.63) is 40.6 Å². The minimum Gasteiger partial charge on any atom is -0.347 e. The second kappa shape index (κ2) is 4.84. The summed E-state index contributed by atoms with van der Waals surface area (Å²) in [5.41, 5.74) is 2.81. The van der Waals surface area contributed by atoms with Gasteiger partial charge in [-0.05, 0) is 12.1 Å². The van der Waals surface area contributed by atoms with Gasteiger partial charge in [0.2, 0.25) is 5.91 Å². The Kier molecular flexibility index (Phi) is 3.24. The van der Waals surface area contributed by atoms with Crippen LogP contribution in [0.2, 0.25) is 0 Å². The van der Waals surface area contributed by atoms with Crippen molar-refractivity contribution in [2.75, 3.05) is 0 Å². The largest absolute Gasteiger partial charge is 0.347 e. The molecule has 0 aliphatic rings. The van der Waals surface area contributed by atoms with Crippen molar-refractivity contribution >= 4 is 22.5 Å². The van der Waals surface area contributed by atoms with Gasteiger partial charge in [-0.15, -0.1) is 0 Å². The van der Waals surface area contributed by atoms with Crippen LogP contribution in [0, 0.1) is 10.1 Å². The van der Waals surface area contributed by atoms with Gasteiger partial charge in [-0.2, -0.15) is 0 Å². The fourth-order valence-corrected chi connectivity index (χ4v) is 1.78. The van der Waals surface area contributed by atoms with Crippen molar-refractivity contribution in [3.63, 3.8) is 0 Å². The van der Waals surface area contributed by atoms with Gasteiger partial charge < -0.3 is 4.57 Å². The molecule has 0 saturated carbocycles. The van der Waals surface area contributed by atoms with Gasteiger partial charge in [-0.25, -0.2) is 5.84 Å². The molecule has 2 aromatic rings. The molecule has 0 spiro atoms. The number of rotatable bonds is 4. The van der Waals surface area contributed by atoms with Gasteiger partial charge in [-0.3, -0.25) is 20.3 Å². The van der Waals surface area contributed by atoms with E-state index < -0.39 is 4.92 Å². The summed E-state index contributed by atoms with van der Waals surface area (Å²) in [6, 6.07) is 6.49. The maximum Gasteiger partial charge on any atom is 0.271 e. The number of aryl methyl sites for hydroxylation is 1. The summed E-state index contributed by atoms with van der Waals surface area (Å²) in [6.07, 6.45) is 2.02. The Labute approximate surface area is 102 Å². The summed E-state index contributed by atoms with van der Waals surface area (Å²) >= 11 is 0. The molecule has 0 bridgehead atoms. The van der Waals surface area contributed by atoms with E-state index in [0.29, 0.717) is 6.54 Å². The summed E-state index contributed by atoms with van der Waals surface area (Å²) < 4.78 is 1.79. The van der Waals surface area contributed by atoms with Gasteiger partial charge >= 0.3 is 0 Å². The van der Waals surface area contributed by atoms with Crippen LogP contribution in [0.25, 0.3) is 10.9 Å². The molecule has 94 valence electrons. The van der Waals surface area contributed by atoms with E-state index in [2.05, 4.69) is 0 Å². The second-order valence-corrected chi connectivity index (χ2v) is 3.83. The number of hydrazine groups is 1. The normalized spacial score (nSPS) is 10.5. The van der Waals surface area contributed by atoms with Gasteiger partial charge in [0, 0.05) is 36.7 Å². The fraction of sp³-hybridized carbons (Fsp3) is 0.182. The van der Waals surface area contributed by atoms with Crippen molar-refractivity contribution in [1.29, 1.82) is 0 Å². The summed E-state index contributed by atoms with van der Waals surface area (Å²) in [4.78, 5) is 21.3. The third-order valence-electron chi connectivity index (χ3n) is 2.71. The highest BCUT2D eigenvalue weighted by Gasteiger charge is 2.09. The number of hydrogen-bond acceptors (Lipinski definition) is 4. The number of fused-ring (bicyclic) bond motifs is 1. The number of non-ortho nitro benzene ring substituents is 1. The summed E-state index contributed by atoms with van der Waals surface area (Å²) in [5, 5.41) is 11.6. The van der Waals surface area contributed by atoms with Crippen LogP contribution in [0.5, 0.6) is 0 Å². The average molecular weight is 248 g/mol. The third kappa shape index (κ3) is 2.30. The maximum absolute atomic E-state index is 11.1. The molecule has 0 radical (unpaired) electrons. The number of nitrogens with zero attached hydrogens (tertiary/aromatic N) is 2. The molecular weight excluding hydrogens is 236 g/mol. The number of carbonyl (C=O) groups is 1. The summed E-state index contributed by atoms with van der Waals surface area (Å²) in [5.74, 6) is 4.71. The minimum atomic E-state index is -0.441. The molecule has 2 rings (SSSR count). The van der Waals surface area contributed by atoms with E-state index in [1.54, 1.807) is 16.8 Å². The molecule has 0 saturated heterocycles. The zero-order chi connectivity index (χ0) is 13.1. The van der Waals surface area contributed by atoms with Gasteiger partial charge in [0.25, 0.3) is 5.69 Å². The lowest BCUT2D eigenvalue weighted by molar-refractivity contribution is -0.384. The number of hydrogen-bond donors (Lipinski definition) is 2. The number of benzene rings is 1. The minimum absolute atomic E-state index is 0.0331. The zero-order valence-corrected chi connectivity index (χ0v) is 9.50. The van der Waals surface area contributed by atoms with Gasteiger partial charge in [0.15, 0.2) is 0 Å². The maximum atomic E-state index is 11.1. The molecule has 18 heavy (non-hydrogen) atoms. The first-order chi connectivity index (χ1) is 8.61. The highest BCUT2D eigenvalue weighted by molar-refractivity contribution is 5.82. The van der Waals surface area contributed by atoms with E-state index in [9.17, 15) is 14.9 Å². The Morgan fingerprint density at radius 1 is 1.44 bits per heavy atom. The number of carbonyl (C=O) groups excluding carboxylic acids is 1. The van der Waals surface area contributed by atoms with Crippen molar-refractivity contribution in [2.24, 2.45) is 5.84 Å². The standard InChI is InChI=1S/C11H12N4O3/c12-13-11(16)4-6-14-5-3-8-1-2-9(15(17)18)7-10(8)14/h1-3,5,7H,4,6,12H2,(H,13,16). The SMILES string of the molecule is NNC(=O)CCn1ccc2ccc([N+](=O)[O-])cc21. The van der Waals surface area contributed by atoms with Crippen LogP contribution in [-0.2, 0) is 11.3 Å². The van der Waals surface area contributed by atoms with Crippen LogP contribution in [0.15, 0.2) is 30.5 Å². The molecule has 7 nitrogen and oxygen atoms in total. The first-order valence-electron chi connectivity index (χ1n) is 5.34. The molecule has 1 heterocycles. The van der Waals surface area contributed by atoms with E-state index >= 15 is 0 Å². The Balaban J connectivity index is 2.30. The molecule has 0 aliphatic carbocycles. The smallest absolute Gasteiger partial charge is 0.271 e. The topological polar surface area (TPSA) is 103 Å². The lowest BCUT2D eigenvalue weighted by Gasteiger charge is -2.04. The molecular formula is C11H12N4O3. The number of nitrogens with two attached hydrogens (primary N) is 1. The molecule has 0 fully saturated rings. The number of nitro benzene ring substituents is 1. The van der Waals surface area contributed by atoms with Crippen molar-refractivity contribution in [2.45, 2.75) is 13.0 Å². The molecule has 0 unspecified atom stereocenters. The Hall–Kier alpha value is -2.41. The van der Waals surface area contributed by atoms with Crippen LogP contribution >= 0.6 is 0 Å². The average Bonchev–Trinajstić information content (AvgIpc) is 2.78. The second-order valence-electron chi connectivity index (χ2n) is 3.83. The molecule has 7 heteroatoms.